The molecule has 0 unspecified atom stereocenters. The van der Waals surface area contributed by atoms with Crippen LogP contribution in [0.1, 0.15) is 18.5 Å². The van der Waals surface area contributed by atoms with Gasteiger partial charge in [-0.1, -0.05) is 23.7 Å². The topological polar surface area (TPSA) is 70.2 Å². The van der Waals surface area contributed by atoms with Gasteiger partial charge in [0.15, 0.2) is 0 Å². The van der Waals surface area contributed by atoms with E-state index in [0.29, 0.717) is 22.0 Å². The first-order valence-corrected chi connectivity index (χ1v) is 8.24. The summed E-state index contributed by atoms with van der Waals surface area (Å²) in [7, 11) is 0. The van der Waals surface area contributed by atoms with E-state index in [4.69, 9.17) is 11.6 Å². The number of allylic oxidation sites excluding steroid dienone is 1. The van der Waals surface area contributed by atoms with E-state index < -0.39 is 6.04 Å². The van der Waals surface area contributed by atoms with Crippen LogP contribution in [-0.4, -0.2) is 11.9 Å². The van der Waals surface area contributed by atoms with Crippen molar-refractivity contribution in [1.29, 1.82) is 0 Å². The average molecular weight is 348 g/mol. The zero-order valence-corrected chi connectivity index (χ0v) is 13.8. The van der Waals surface area contributed by atoms with Crippen LogP contribution in [-0.2, 0) is 4.79 Å². The Labute approximate surface area is 142 Å². The minimum Gasteiger partial charge on any atom is -0.327 e. The van der Waals surface area contributed by atoms with E-state index in [9.17, 15) is 9.59 Å². The predicted molar refractivity (Wildman–Crippen MR) is 91.5 cm³/mol. The highest BCUT2D eigenvalue weighted by molar-refractivity contribution is 7.08. The number of amides is 3. The van der Waals surface area contributed by atoms with Gasteiger partial charge in [0.05, 0.1) is 22.3 Å². The van der Waals surface area contributed by atoms with Crippen molar-refractivity contribution < 1.29 is 9.59 Å². The Morgan fingerprint density at radius 1 is 1.30 bits per heavy atom. The maximum Gasteiger partial charge on any atom is 0.319 e. The molecular weight excluding hydrogens is 334 g/mol. The Hall–Kier alpha value is -2.31. The van der Waals surface area contributed by atoms with Crippen molar-refractivity contribution in [3.63, 3.8) is 0 Å². The van der Waals surface area contributed by atoms with Crippen molar-refractivity contribution in [3.8, 4) is 0 Å². The zero-order chi connectivity index (χ0) is 16.4. The SMILES string of the molecule is CC1=C(C(=O)Nc2ccccc2Cl)[C@H](c2ccsc2)NC(=O)N1. The summed E-state index contributed by atoms with van der Waals surface area (Å²) in [4.78, 5) is 24.5. The molecule has 0 bridgehead atoms. The van der Waals surface area contributed by atoms with Crippen LogP contribution in [0.5, 0.6) is 0 Å². The van der Waals surface area contributed by atoms with Crippen LogP contribution in [0.3, 0.4) is 0 Å². The molecule has 0 aliphatic carbocycles. The number of carbonyl (C=O) groups is 2. The summed E-state index contributed by atoms with van der Waals surface area (Å²) in [6.07, 6.45) is 0. The highest BCUT2D eigenvalue weighted by Crippen LogP contribution is 2.30. The molecule has 0 radical (unpaired) electrons. The molecule has 1 atom stereocenters. The molecule has 0 saturated carbocycles. The second-order valence-corrected chi connectivity index (χ2v) is 6.25. The van der Waals surface area contributed by atoms with E-state index >= 15 is 0 Å². The molecule has 0 spiro atoms. The molecule has 118 valence electrons. The molecule has 3 amide bonds. The number of thiophene rings is 1. The molecule has 2 heterocycles. The number of carbonyl (C=O) groups excluding carboxylic acids is 2. The molecule has 23 heavy (non-hydrogen) atoms. The normalized spacial score (nSPS) is 17.5. The Balaban J connectivity index is 1.94. The fourth-order valence-corrected chi connectivity index (χ4v) is 3.31. The number of hydrogen-bond donors (Lipinski definition) is 3. The number of rotatable bonds is 3. The van der Waals surface area contributed by atoms with Gasteiger partial charge in [-0.3, -0.25) is 4.79 Å². The Morgan fingerprint density at radius 3 is 2.78 bits per heavy atom. The first-order chi connectivity index (χ1) is 11.1. The van der Waals surface area contributed by atoms with E-state index in [2.05, 4.69) is 16.0 Å². The lowest BCUT2D eigenvalue weighted by atomic mass is 9.97. The van der Waals surface area contributed by atoms with Crippen molar-refractivity contribution in [1.82, 2.24) is 10.6 Å². The molecule has 1 aromatic carbocycles. The second-order valence-electron chi connectivity index (χ2n) is 5.06. The lowest BCUT2D eigenvalue weighted by molar-refractivity contribution is -0.113. The molecule has 3 rings (SSSR count). The van der Waals surface area contributed by atoms with E-state index in [1.807, 2.05) is 16.8 Å². The van der Waals surface area contributed by atoms with Crippen LogP contribution in [0.2, 0.25) is 5.02 Å². The zero-order valence-electron chi connectivity index (χ0n) is 12.2. The second kappa shape index (κ2) is 6.44. The van der Waals surface area contributed by atoms with Gasteiger partial charge in [0, 0.05) is 5.70 Å². The van der Waals surface area contributed by atoms with Gasteiger partial charge in [-0.05, 0) is 41.4 Å². The van der Waals surface area contributed by atoms with Gasteiger partial charge in [-0.25, -0.2) is 4.79 Å². The molecular formula is C16H14ClN3O2S. The predicted octanol–water partition coefficient (Wildman–Crippen LogP) is 3.67. The van der Waals surface area contributed by atoms with Crippen molar-refractivity contribution in [2.75, 3.05) is 5.32 Å². The quantitative estimate of drug-likeness (QED) is 0.792. The summed E-state index contributed by atoms with van der Waals surface area (Å²) in [6, 6.07) is 8.08. The van der Waals surface area contributed by atoms with Gasteiger partial charge in [-0.15, -0.1) is 0 Å². The lowest BCUT2D eigenvalue weighted by Crippen LogP contribution is -2.45. The van der Waals surface area contributed by atoms with E-state index in [0.717, 1.165) is 5.56 Å². The van der Waals surface area contributed by atoms with E-state index in [1.165, 1.54) is 11.3 Å². The Morgan fingerprint density at radius 2 is 2.09 bits per heavy atom. The van der Waals surface area contributed by atoms with Crippen molar-refractivity contribution in [2.45, 2.75) is 13.0 Å². The molecule has 3 N–H and O–H groups in total. The molecule has 1 aliphatic rings. The summed E-state index contributed by atoms with van der Waals surface area (Å²) >= 11 is 7.60. The molecule has 2 aromatic rings. The highest BCUT2D eigenvalue weighted by atomic mass is 35.5. The monoisotopic (exact) mass is 347 g/mol. The van der Waals surface area contributed by atoms with Crippen LogP contribution in [0.4, 0.5) is 10.5 Å². The summed E-state index contributed by atoms with van der Waals surface area (Å²) in [5.74, 6) is -0.306. The number of para-hydroxylation sites is 1. The third kappa shape index (κ3) is 3.23. The highest BCUT2D eigenvalue weighted by Gasteiger charge is 2.31. The summed E-state index contributed by atoms with van der Waals surface area (Å²) in [5.41, 5.74) is 2.38. The third-order valence-electron chi connectivity index (χ3n) is 3.51. The fourth-order valence-electron chi connectivity index (χ4n) is 2.44. The molecule has 7 heteroatoms. The van der Waals surface area contributed by atoms with Crippen LogP contribution < -0.4 is 16.0 Å². The number of nitrogens with one attached hydrogen (secondary N) is 3. The maximum absolute atomic E-state index is 12.7. The van der Waals surface area contributed by atoms with Crippen molar-refractivity contribution in [2.24, 2.45) is 0 Å². The standard InChI is InChI=1S/C16H14ClN3O2S/c1-9-13(15(21)19-12-5-3-2-4-11(12)17)14(20-16(22)18-9)10-6-7-23-8-10/h2-8,14H,1H3,(H,19,21)(H2,18,20,22)/t14-/m0/s1. The van der Waals surface area contributed by atoms with Crippen LogP contribution in [0, 0.1) is 0 Å². The Kier molecular flexibility index (Phi) is 4.36. The van der Waals surface area contributed by atoms with E-state index in [-0.39, 0.29) is 11.9 Å². The Bertz CT molecular complexity index is 786. The number of halogens is 1. The van der Waals surface area contributed by atoms with Crippen molar-refractivity contribution in [3.05, 3.63) is 62.9 Å². The number of urea groups is 1. The fraction of sp³-hybridized carbons (Fsp3) is 0.125. The van der Waals surface area contributed by atoms with Gasteiger partial charge in [0.2, 0.25) is 0 Å². The van der Waals surface area contributed by atoms with Crippen LogP contribution in [0.15, 0.2) is 52.4 Å². The molecule has 1 aliphatic heterocycles. The maximum atomic E-state index is 12.7. The summed E-state index contributed by atoms with van der Waals surface area (Å²) in [6.45, 7) is 1.71. The van der Waals surface area contributed by atoms with Crippen molar-refractivity contribution >= 4 is 40.6 Å². The van der Waals surface area contributed by atoms with E-state index in [1.54, 1.807) is 31.2 Å². The lowest BCUT2D eigenvalue weighted by Gasteiger charge is -2.28. The number of anilines is 1. The summed E-state index contributed by atoms with van der Waals surface area (Å²) < 4.78 is 0. The minimum atomic E-state index is -0.488. The number of hydrogen-bond acceptors (Lipinski definition) is 3. The van der Waals surface area contributed by atoms with Gasteiger partial charge < -0.3 is 16.0 Å². The first-order valence-electron chi connectivity index (χ1n) is 6.92. The molecule has 0 saturated heterocycles. The van der Waals surface area contributed by atoms with Gasteiger partial charge >= 0.3 is 6.03 Å². The van der Waals surface area contributed by atoms with Gasteiger partial charge in [-0.2, -0.15) is 11.3 Å². The van der Waals surface area contributed by atoms with Crippen LogP contribution >= 0.6 is 22.9 Å². The van der Waals surface area contributed by atoms with Gasteiger partial charge in [0.1, 0.15) is 0 Å². The molecule has 1 aromatic heterocycles. The van der Waals surface area contributed by atoms with Gasteiger partial charge in [0.25, 0.3) is 5.91 Å². The smallest absolute Gasteiger partial charge is 0.319 e. The largest absolute Gasteiger partial charge is 0.327 e. The molecule has 0 fully saturated rings. The first kappa shape index (κ1) is 15.6. The summed E-state index contributed by atoms with van der Waals surface area (Å²) in [5, 5.41) is 12.5. The third-order valence-corrected chi connectivity index (χ3v) is 4.54. The number of benzene rings is 1. The minimum absolute atomic E-state index is 0.306. The average Bonchev–Trinajstić information content (AvgIpc) is 3.03. The van der Waals surface area contributed by atoms with Crippen LogP contribution in [0.25, 0.3) is 0 Å². The molecule has 5 nitrogen and oxygen atoms in total.